The van der Waals surface area contributed by atoms with Gasteiger partial charge in [0.05, 0.1) is 17.2 Å². The molecule has 98 valence electrons. The van der Waals surface area contributed by atoms with Crippen LogP contribution in [0.15, 0.2) is 24.3 Å². The molecule has 0 amide bonds. The molecule has 0 bridgehead atoms. The van der Waals surface area contributed by atoms with Gasteiger partial charge in [0, 0.05) is 19.2 Å². The van der Waals surface area contributed by atoms with Crippen LogP contribution in [0.4, 0.5) is 11.4 Å². The maximum atomic E-state index is 10.6. The van der Waals surface area contributed by atoms with Gasteiger partial charge in [0.1, 0.15) is 12.7 Å². The van der Waals surface area contributed by atoms with Crippen molar-refractivity contribution in [3.8, 4) is 0 Å². The minimum Gasteiger partial charge on any atom is -0.370 e. The Morgan fingerprint density at radius 3 is 3.11 bits per heavy atom. The number of nitro benzene ring substituents is 1. The first-order valence-corrected chi connectivity index (χ1v) is 5.92. The minimum atomic E-state index is -0.441. The first-order chi connectivity index (χ1) is 8.66. The lowest BCUT2D eigenvalue weighted by molar-refractivity contribution is -0.384. The Kier molecular flexibility index (Phi) is 4.37. The number of non-ortho nitro benzene ring substituents is 1. The van der Waals surface area contributed by atoms with E-state index in [1.807, 2.05) is 0 Å². The summed E-state index contributed by atoms with van der Waals surface area (Å²) in [5.41, 5.74) is 0.688. The van der Waals surface area contributed by atoms with E-state index in [1.165, 1.54) is 12.1 Å². The number of hydrogen-bond acceptors (Lipinski definition) is 7. The highest BCUT2D eigenvalue weighted by molar-refractivity contribution is 7.95. The second-order valence-corrected chi connectivity index (χ2v) is 4.49. The lowest BCUT2D eigenvalue weighted by Gasteiger charge is -2.15. The number of epoxide rings is 1. The van der Waals surface area contributed by atoms with Crippen molar-refractivity contribution < 1.29 is 18.9 Å². The highest BCUT2D eigenvalue weighted by Gasteiger charge is 2.23. The van der Waals surface area contributed by atoms with E-state index in [1.54, 1.807) is 23.5 Å². The second kappa shape index (κ2) is 6.01. The summed E-state index contributed by atoms with van der Waals surface area (Å²) in [6.07, 6.45) is 0.133. The fourth-order valence-electron chi connectivity index (χ4n) is 1.18. The van der Waals surface area contributed by atoms with Gasteiger partial charge in [0.15, 0.2) is 12.2 Å². The van der Waals surface area contributed by atoms with Gasteiger partial charge in [0.2, 0.25) is 0 Å². The van der Waals surface area contributed by atoms with Crippen LogP contribution in [0.25, 0.3) is 0 Å². The molecule has 1 fully saturated rings. The third-order valence-electron chi connectivity index (χ3n) is 2.25. The van der Waals surface area contributed by atoms with Crippen molar-refractivity contribution in [2.24, 2.45) is 0 Å². The standard InChI is InChI=1S/C10H12N2O5S/c1-11(18-17-16-7-10-6-15-10)8-3-2-4-9(5-8)12(13)14/h2-5,10H,6-7H2,1H3. The van der Waals surface area contributed by atoms with Crippen LogP contribution in [-0.4, -0.2) is 31.3 Å². The maximum absolute atomic E-state index is 10.6. The van der Waals surface area contributed by atoms with Crippen molar-refractivity contribution in [2.75, 3.05) is 24.6 Å². The molecule has 1 aliphatic rings. The molecule has 8 heteroatoms. The van der Waals surface area contributed by atoms with Crippen molar-refractivity contribution in [3.63, 3.8) is 0 Å². The molecule has 0 saturated carbocycles. The molecule has 0 N–H and O–H groups in total. The van der Waals surface area contributed by atoms with E-state index in [2.05, 4.69) is 0 Å². The van der Waals surface area contributed by atoms with E-state index in [0.29, 0.717) is 18.9 Å². The monoisotopic (exact) mass is 272 g/mol. The molecule has 1 aromatic rings. The number of ether oxygens (including phenoxy) is 1. The van der Waals surface area contributed by atoms with Crippen molar-refractivity contribution >= 4 is 23.6 Å². The molecule has 1 aliphatic heterocycles. The van der Waals surface area contributed by atoms with Crippen LogP contribution >= 0.6 is 12.2 Å². The molecular formula is C10H12N2O5S. The molecule has 1 unspecified atom stereocenters. The van der Waals surface area contributed by atoms with Crippen LogP contribution < -0.4 is 4.31 Å². The Morgan fingerprint density at radius 1 is 1.67 bits per heavy atom. The van der Waals surface area contributed by atoms with Gasteiger partial charge in [-0.25, -0.2) is 4.89 Å². The third kappa shape index (κ3) is 3.84. The maximum Gasteiger partial charge on any atom is 0.271 e. The van der Waals surface area contributed by atoms with Crippen LogP contribution in [0.1, 0.15) is 0 Å². The lowest BCUT2D eigenvalue weighted by atomic mass is 10.3. The second-order valence-electron chi connectivity index (χ2n) is 3.66. The number of nitrogens with zero attached hydrogens (tertiary/aromatic N) is 2. The van der Waals surface area contributed by atoms with Gasteiger partial charge in [0.25, 0.3) is 5.69 Å². The molecule has 0 spiro atoms. The van der Waals surface area contributed by atoms with Crippen LogP contribution in [0.3, 0.4) is 0 Å². The van der Waals surface area contributed by atoms with Crippen LogP contribution in [-0.2, 0) is 14.0 Å². The van der Waals surface area contributed by atoms with Crippen LogP contribution in [0.5, 0.6) is 0 Å². The highest BCUT2D eigenvalue weighted by Crippen LogP contribution is 2.25. The Morgan fingerprint density at radius 2 is 2.44 bits per heavy atom. The Labute approximate surface area is 108 Å². The fraction of sp³-hybridized carbons (Fsp3) is 0.400. The van der Waals surface area contributed by atoms with Crippen molar-refractivity contribution in [3.05, 3.63) is 34.4 Å². The van der Waals surface area contributed by atoms with E-state index in [9.17, 15) is 10.1 Å². The predicted octanol–water partition coefficient (Wildman–Crippen LogP) is 1.94. The van der Waals surface area contributed by atoms with E-state index in [-0.39, 0.29) is 11.8 Å². The molecule has 0 aromatic heterocycles. The molecular weight excluding hydrogens is 260 g/mol. The summed E-state index contributed by atoms with van der Waals surface area (Å²) >= 11 is 0.953. The SMILES string of the molecule is CN(SOOCC1CO1)c1cccc([N+](=O)[O-])c1. The normalized spacial score (nSPS) is 17.5. The first kappa shape index (κ1) is 13.1. The smallest absolute Gasteiger partial charge is 0.271 e. The largest absolute Gasteiger partial charge is 0.370 e. The molecule has 18 heavy (non-hydrogen) atoms. The van der Waals surface area contributed by atoms with E-state index in [4.69, 9.17) is 14.0 Å². The first-order valence-electron chi connectivity index (χ1n) is 5.23. The summed E-state index contributed by atoms with van der Waals surface area (Å²) in [6, 6.07) is 6.25. The summed E-state index contributed by atoms with van der Waals surface area (Å²) in [6.45, 7) is 1.09. The Balaban J connectivity index is 1.81. The summed E-state index contributed by atoms with van der Waals surface area (Å²) in [5, 5.41) is 10.6. The van der Waals surface area contributed by atoms with E-state index < -0.39 is 4.92 Å². The molecule has 2 rings (SSSR count). The molecule has 1 aromatic carbocycles. The van der Waals surface area contributed by atoms with Crippen LogP contribution in [0.2, 0.25) is 0 Å². The van der Waals surface area contributed by atoms with Gasteiger partial charge in [-0.15, -0.1) is 4.33 Å². The molecule has 1 atom stereocenters. The average Bonchev–Trinajstić information content (AvgIpc) is 3.18. The van der Waals surface area contributed by atoms with E-state index in [0.717, 1.165) is 12.2 Å². The molecule has 1 saturated heterocycles. The summed E-state index contributed by atoms with van der Waals surface area (Å²) in [5.74, 6) is 0. The van der Waals surface area contributed by atoms with Gasteiger partial charge in [-0.2, -0.15) is 0 Å². The number of rotatable bonds is 7. The Bertz CT molecular complexity index is 426. The van der Waals surface area contributed by atoms with Crippen molar-refractivity contribution in [1.29, 1.82) is 0 Å². The van der Waals surface area contributed by atoms with Gasteiger partial charge < -0.3 is 4.74 Å². The topological polar surface area (TPSA) is 77.4 Å². The average molecular weight is 272 g/mol. The molecule has 1 heterocycles. The Hall–Kier alpha value is -1.35. The fourth-order valence-corrected chi connectivity index (χ4v) is 1.57. The number of nitro groups is 1. The van der Waals surface area contributed by atoms with Gasteiger partial charge in [-0.3, -0.25) is 14.4 Å². The molecule has 7 nitrogen and oxygen atoms in total. The van der Waals surface area contributed by atoms with Gasteiger partial charge in [-0.05, 0) is 6.07 Å². The van der Waals surface area contributed by atoms with Gasteiger partial charge >= 0.3 is 0 Å². The number of anilines is 1. The number of benzene rings is 1. The zero-order valence-electron chi connectivity index (χ0n) is 9.64. The predicted molar refractivity (Wildman–Crippen MR) is 65.9 cm³/mol. The van der Waals surface area contributed by atoms with Gasteiger partial charge in [-0.1, -0.05) is 6.07 Å². The summed E-state index contributed by atoms with van der Waals surface area (Å²) < 4.78 is 11.5. The zero-order chi connectivity index (χ0) is 13.0. The zero-order valence-corrected chi connectivity index (χ0v) is 10.5. The third-order valence-corrected chi connectivity index (χ3v) is 2.84. The highest BCUT2D eigenvalue weighted by atomic mass is 32.2. The minimum absolute atomic E-state index is 0.0345. The molecule has 0 radical (unpaired) electrons. The summed E-state index contributed by atoms with van der Waals surface area (Å²) in [7, 11) is 1.72. The van der Waals surface area contributed by atoms with E-state index >= 15 is 0 Å². The lowest BCUT2D eigenvalue weighted by Crippen LogP contribution is -2.09. The quantitative estimate of drug-likeness (QED) is 0.143. The summed E-state index contributed by atoms with van der Waals surface area (Å²) in [4.78, 5) is 15.1. The number of hydrogen-bond donors (Lipinski definition) is 0. The molecule has 0 aliphatic carbocycles. The van der Waals surface area contributed by atoms with Crippen molar-refractivity contribution in [1.82, 2.24) is 0 Å². The van der Waals surface area contributed by atoms with Crippen LogP contribution in [0, 0.1) is 10.1 Å². The van der Waals surface area contributed by atoms with Crippen molar-refractivity contribution in [2.45, 2.75) is 6.10 Å².